The highest BCUT2D eigenvalue weighted by molar-refractivity contribution is 9.10. The summed E-state index contributed by atoms with van der Waals surface area (Å²) >= 11 is 9.46. The topological polar surface area (TPSA) is 47.0 Å². The van der Waals surface area contributed by atoms with E-state index < -0.39 is 0 Å². The molecule has 1 aromatic carbocycles. The number of methoxy groups -OCH3 is 1. The van der Waals surface area contributed by atoms with Gasteiger partial charge in [-0.15, -0.1) is 0 Å². The standard InChI is InChI=1S/C13H13BrClN3O/c1-8-3-4-9(14)10(5-8)16-12-6-11(15)17-13(18-12)7-19-2/h3-6H,7H2,1-2H3,(H,16,17,18). The van der Waals surface area contributed by atoms with Gasteiger partial charge in [0, 0.05) is 17.6 Å². The van der Waals surface area contributed by atoms with Gasteiger partial charge >= 0.3 is 0 Å². The van der Waals surface area contributed by atoms with E-state index in [0.29, 0.717) is 23.4 Å². The molecular formula is C13H13BrClN3O. The lowest BCUT2D eigenvalue weighted by Crippen LogP contribution is -2.02. The van der Waals surface area contributed by atoms with Gasteiger partial charge in [0.05, 0.1) is 5.69 Å². The minimum atomic E-state index is 0.324. The van der Waals surface area contributed by atoms with E-state index in [1.807, 2.05) is 25.1 Å². The van der Waals surface area contributed by atoms with Gasteiger partial charge in [-0.2, -0.15) is 0 Å². The summed E-state index contributed by atoms with van der Waals surface area (Å²) in [4.78, 5) is 8.42. The molecule has 1 N–H and O–H groups in total. The molecule has 4 nitrogen and oxygen atoms in total. The molecule has 0 saturated carbocycles. The Morgan fingerprint density at radius 3 is 2.84 bits per heavy atom. The molecule has 19 heavy (non-hydrogen) atoms. The van der Waals surface area contributed by atoms with Crippen molar-refractivity contribution >= 4 is 39.0 Å². The average Bonchev–Trinajstić information content (AvgIpc) is 2.33. The summed E-state index contributed by atoms with van der Waals surface area (Å²) < 4.78 is 5.97. The second kappa shape index (κ2) is 6.32. The maximum Gasteiger partial charge on any atom is 0.158 e. The summed E-state index contributed by atoms with van der Waals surface area (Å²) in [5.41, 5.74) is 2.08. The first-order chi connectivity index (χ1) is 9.08. The predicted molar refractivity (Wildman–Crippen MR) is 79.9 cm³/mol. The summed E-state index contributed by atoms with van der Waals surface area (Å²) in [7, 11) is 1.59. The Morgan fingerprint density at radius 1 is 1.32 bits per heavy atom. The van der Waals surface area contributed by atoms with Crippen molar-refractivity contribution in [3.63, 3.8) is 0 Å². The Bertz CT molecular complexity index is 592. The van der Waals surface area contributed by atoms with Crippen LogP contribution in [-0.4, -0.2) is 17.1 Å². The molecule has 0 radical (unpaired) electrons. The molecule has 2 aromatic rings. The zero-order valence-corrected chi connectivity index (χ0v) is 12.9. The summed E-state index contributed by atoms with van der Waals surface area (Å²) in [6.07, 6.45) is 0. The van der Waals surface area contributed by atoms with E-state index >= 15 is 0 Å². The third kappa shape index (κ3) is 3.89. The average molecular weight is 343 g/mol. The van der Waals surface area contributed by atoms with Crippen molar-refractivity contribution in [1.29, 1.82) is 0 Å². The molecule has 0 unspecified atom stereocenters. The first kappa shape index (κ1) is 14.2. The zero-order valence-electron chi connectivity index (χ0n) is 10.6. The first-order valence-electron chi connectivity index (χ1n) is 5.64. The van der Waals surface area contributed by atoms with Crippen LogP contribution < -0.4 is 5.32 Å². The number of aryl methyl sites for hydroxylation is 1. The lowest BCUT2D eigenvalue weighted by Gasteiger charge is -2.10. The predicted octanol–water partition coefficient (Wildman–Crippen LogP) is 4.09. The number of benzene rings is 1. The molecule has 1 aromatic heterocycles. The van der Waals surface area contributed by atoms with E-state index in [0.717, 1.165) is 15.7 Å². The smallest absolute Gasteiger partial charge is 0.158 e. The van der Waals surface area contributed by atoms with Crippen molar-refractivity contribution in [2.75, 3.05) is 12.4 Å². The highest BCUT2D eigenvalue weighted by Crippen LogP contribution is 2.26. The van der Waals surface area contributed by atoms with Crippen LogP contribution in [0.5, 0.6) is 0 Å². The van der Waals surface area contributed by atoms with Gasteiger partial charge in [0.1, 0.15) is 17.6 Å². The van der Waals surface area contributed by atoms with Crippen LogP contribution in [0.1, 0.15) is 11.4 Å². The molecule has 0 amide bonds. The monoisotopic (exact) mass is 341 g/mol. The number of anilines is 2. The number of rotatable bonds is 4. The summed E-state index contributed by atoms with van der Waals surface area (Å²) in [6, 6.07) is 7.71. The Hall–Kier alpha value is -1.17. The van der Waals surface area contributed by atoms with E-state index in [2.05, 4.69) is 31.2 Å². The maximum atomic E-state index is 5.96. The van der Waals surface area contributed by atoms with Gasteiger partial charge in [0.15, 0.2) is 5.82 Å². The van der Waals surface area contributed by atoms with E-state index in [-0.39, 0.29) is 0 Å². The van der Waals surface area contributed by atoms with Crippen LogP contribution in [0.25, 0.3) is 0 Å². The number of hydrogen-bond donors (Lipinski definition) is 1. The Labute approximate surface area is 125 Å². The van der Waals surface area contributed by atoms with Gasteiger partial charge in [-0.3, -0.25) is 0 Å². The van der Waals surface area contributed by atoms with Crippen molar-refractivity contribution in [2.24, 2.45) is 0 Å². The van der Waals surface area contributed by atoms with Crippen LogP contribution in [0, 0.1) is 6.92 Å². The highest BCUT2D eigenvalue weighted by atomic mass is 79.9. The molecular weight excluding hydrogens is 330 g/mol. The molecule has 2 rings (SSSR count). The molecule has 0 saturated heterocycles. The van der Waals surface area contributed by atoms with Crippen LogP contribution in [0.3, 0.4) is 0 Å². The fourth-order valence-electron chi connectivity index (χ4n) is 1.60. The van der Waals surface area contributed by atoms with Gasteiger partial charge in [-0.1, -0.05) is 17.7 Å². The molecule has 1 heterocycles. The van der Waals surface area contributed by atoms with E-state index in [1.54, 1.807) is 13.2 Å². The lowest BCUT2D eigenvalue weighted by atomic mass is 10.2. The van der Waals surface area contributed by atoms with Crippen LogP contribution in [0.4, 0.5) is 11.5 Å². The normalized spacial score (nSPS) is 10.5. The second-order valence-corrected chi connectivity index (χ2v) is 5.28. The minimum absolute atomic E-state index is 0.324. The van der Waals surface area contributed by atoms with Crippen LogP contribution in [0.2, 0.25) is 5.15 Å². The van der Waals surface area contributed by atoms with Gasteiger partial charge in [-0.25, -0.2) is 9.97 Å². The summed E-state index contributed by atoms with van der Waals surface area (Å²) in [5, 5.41) is 3.60. The van der Waals surface area contributed by atoms with Crippen molar-refractivity contribution in [1.82, 2.24) is 9.97 Å². The molecule has 0 spiro atoms. The number of nitrogens with zero attached hydrogens (tertiary/aromatic N) is 2. The Kier molecular flexibility index (Phi) is 4.74. The molecule has 0 bridgehead atoms. The fraction of sp³-hybridized carbons (Fsp3) is 0.231. The summed E-state index contributed by atoms with van der Waals surface area (Å²) in [5.74, 6) is 1.18. The Balaban J connectivity index is 2.29. The molecule has 6 heteroatoms. The SMILES string of the molecule is COCc1nc(Cl)cc(Nc2cc(C)ccc2Br)n1. The third-order valence-corrected chi connectivity index (χ3v) is 3.28. The molecule has 0 aliphatic rings. The largest absolute Gasteiger partial charge is 0.377 e. The van der Waals surface area contributed by atoms with Crippen molar-refractivity contribution in [3.8, 4) is 0 Å². The van der Waals surface area contributed by atoms with Crippen molar-refractivity contribution < 1.29 is 4.74 Å². The van der Waals surface area contributed by atoms with E-state index in [9.17, 15) is 0 Å². The van der Waals surface area contributed by atoms with E-state index in [1.165, 1.54) is 0 Å². The number of hydrogen-bond acceptors (Lipinski definition) is 4. The number of halogens is 2. The van der Waals surface area contributed by atoms with Gasteiger partial charge in [-0.05, 0) is 40.5 Å². The zero-order chi connectivity index (χ0) is 13.8. The Morgan fingerprint density at radius 2 is 2.11 bits per heavy atom. The van der Waals surface area contributed by atoms with E-state index in [4.69, 9.17) is 16.3 Å². The van der Waals surface area contributed by atoms with Gasteiger partial charge in [0.2, 0.25) is 0 Å². The van der Waals surface area contributed by atoms with Crippen LogP contribution in [0.15, 0.2) is 28.7 Å². The number of ether oxygens (including phenoxy) is 1. The minimum Gasteiger partial charge on any atom is -0.377 e. The molecule has 0 aliphatic carbocycles. The van der Waals surface area contributed by atoms with Gasteiger partial charge in [0.25, 0.3) is 0 Å². The van der Waals surface area contributed by atoms with Crippen LogP contribution in [-0.2, 0) is 11.3 Å². The quantitative estimate of drug-likeness (QED) is 0.850. The number of nitrogens with one attached hydrogen (secondary N) is 1. The number of aromatic nitrogens is 2. The van der Waals surface area contributed by atoms with Gasteiger partial charge < -0.3 is 10.1 Å². The molecule has 0 atom stereocenters. The van der Waals surface area contributed by atoms with Crippen LogP contribution >= 0.6 is 27.5 Å². The summed E-state index contributed by atoms with van der Waals surface area (Å²) in [6.45, 7) is 2.35. The maximum absolute atomic E-state index is 5.96. The fourth-order valence-corrected chi connectivity index (χ4v) is 2.14. The lowest BCUT2D eigenvalue weighted by molar-refractivity contribution is 0.178. The van der Waals surface area contributed by atoms with Crippen molar-refractivity contribution in [3.05, 3.63) is 45.3 Å². The second-order valence-electron chi connectivity index (χ2n) is 4.03. The van der Waals surface area contributed by atoms with Crippen molar-refractivity contribution in [2.45, 2.75) is 13.5 Å². The third-order valence-electron chi connectivity index (χ3n) is 2.40. The highest BCUT2D eigenvalue weighted by Gasteiger charge is 2.06. The first-order valence-corrected chi connectivity index (χ1v) is 6.81. The molecule has 100 valence electrons. The molecule has 0 aliphatic heterocycles. The molecule has 0 fully saturated rings.